The number of ether oxygens (including phenoxy) is 2. The van der Waals surface area contributed by atoms with E-state index >= 15 is 0 Å². The lowest BCUT2D eigenvalue weighted by Gasteiger charge is -2.31. The van der Waals surface area contributed by atoms with Gasteiger partial charge >= 0.3 is 0 Å². The molecule has 0 aliphatic carbocycles. The fourth-order valence-electron chi connectivity index (χ4n) is 3.34. The van der Waals surface area contributed by atoms with Gasteiger partial charge in [0.05, 0.1) is 13.2 Å². The SMILES string of the molecule is CC[C@H](c1ccccc1)[C@@H]1CCCN1C(=O)COCCOC. The Morgan fingerprint density at radius 1 is 1.32 bits per heavy atom. The molecule has 0 aromatic heterocycles. The van der Waals surface area contributed by atoms with Crippen LogP contribution in [0.3, 0.4) is 0 Å². The summed E-state index contributed by atoms with van der Waals surface area (Å²) in [6.45, 7) is 4.20. The number of likely N-dealkylation sites (tertiary alicyclic amines) is 1. The Morgan fingerprint density at radius 2 is 2.09 bits per heavy atom. The molecule has 1 saturated heterocycles. The van der Waals surface area contributed by atoms with Crippen LogP contribution in [-0.4, -0.2) is 50.3 Å². The maximum Gasteiger partial charge on any atom is 0.248 e. The quantitative estimate of drug-likeness (QED) is 0.693. The highest BCUT2D eigenvalue weighted by Crippen LogP contribution is 2.33. The van der Waals surface area contributed by atoms with Gasteiger partial charge in [-0.05, 0) is 24.8 Å². The second-order valence-electron chi connectivity index (χ2n) is 5.77. The molecule has 1 amide bonds. The molecule has 0 spiro atoms. The summed E-state index contributed by atoms with van der Waals surface area (Å²) in [7, 11) is 1.63. The molecule has 1 aliphatic rings. The number of amides is 1. The summed E-state index contributed by atoms with van der Waals surface area (Å²) in [5.74, 6) is 0.514. The average Bonchev–Trinajstić information content (AvgIpc) is 3.03. The fraction of sp³-hybridized carbons (Fsp3) is 0.611. The standard InChI is InChI=1S/C18H27NO3/c1-3-16(15-8-5-4-6-9-15)17-10-7-11-19(17)18(20)14-22-13-12-21-2/h4-6,8-9,16-17H,3,7,10-14H2,1-2H3/t16-,17+/m1/s1. The molecule has 2 rings (SSSR count). The largest absolute Gasteiger partial charge is 0.382 e. The van der Waals surface area contributed by atoms with Crippen LogP contribution in [0.15, 0.2) is 30.3 Å². The Labute approximate surface area is 133 Å². The molecular weight excluding hydrogens is 278 g/mol. The number of methoxy groups -OCH3 is 1. The van der Waals surface area contributed by atoms with Gasteiger partial charge in [-0.3, -0.25) is 4.79 Å². The number of carbonyl (C=O) groups excluding carboxylic acids is 1. The maximum absolute atomic E-state index is 12.4. The van der Waals surface area contributed by atoms with Gasteiger partial charge in [0, 0.05) is 25.6 Å². The Morgan fingerprint density at radius 3 is 2.77 bits per heavy atom. The van der Waals surface area contributed by atoms with Gasteiger partial charge in [0.15, 0.2) is 0 Å². The third-order valence-electron chi connectivity index (χ3n) is 4.41. The van der Waals surface area contributed by atoms with Crippen molar-refractivity contribution in [2.75, 3.05) is 33.5 Å². The molecule has 4 heteroatoms. The second kappa shape index (κ2) is 8.91. The van der Waals surface area contributed by atoms with Crippen molar-refractivity contribution < 1.29 is 14.3 Å². The molecule has 0 bridgehead atoms. The molecule has 1 heterocycles. The van der Waals surface area contributed by atoms with Crippen LogP contribution in [0.2, 0.25) is 0 Å². The van der Waals surface area contributed by atoms with E-state index in [-0.39, 0.29) is 12.5 Å². The van der Waals surface area contributed by atoms with Crippen LogP contribution < -0.4 is 0 Å². The van der Waals surface area contributed by atoms with E-state index in [9.17, 15) is 4.79 Å². The monoisotopic (exact) mass is 305 g/mol. The van der Waals surface area contributed by atoms with Crippen LogP contribution >= 0.6 is 0 Å². The van der Waals surface area contributed by atoms with E-state index in [1.165, 1.54) is 5.56 Å². The Kier molecular flexibility index (Phi) is 6.87. The number of rotatable bonds is 8. The highest BCUT2D eigenvalue weighted by atomic mass is 16.5. The van der Waals surface area contributed by atoms with Crippen molar-refractivity contribution in [1.82, 2.24) is 4.90 Å². The molecule has 22 heavy (non-hydrogen) atoms. The summed E-state index contributed by atoms with van der Waals surface area (Å²) >= 11 is 0. The molecule has 1 aromatic carbocycles. The lowest BCUT2D eigenvalue weighted by atomic mass is 9.87. The zero-order valence-corrected chi connectivity index (χ0v) is 13.7. The number of hydrogen-bond donors (Lipinski definition) is 0. The Hall–Kier alpha value is -1.39. The van der Waals surface area contributed by atoms with Crippen molar-refractivity contribution >= 4 is 5.91 Å². The molecule has 0 radical (unpaired) electrons. The van der Waals surface area contributed by atoms with E-state index in [1.807, 2.05) is 11.0 Å². The first-order valence-electron chi connectivity index (χ1n) is 8.19. The van der Waals surface area contributed by atoms with Crippen LogP contribution in [0.5, 0.6) is 0 Å². The highest BCUT2D eigenvalue weighted by Gasteiger charge is 2.34. The normalized spacial score (nSPS) is 19.4. The zero-order valence-electron chi connectivity index (χ0n) is 13.7. The number of hydrogen-bond acceptors (Lipinski definition) is 3. The van der Waals surface area contributed by atoms with E-state index < -0.39 is 0 Å². The number of benzene rings is 1. The summed E-state index contributed by atoms with van der Waals surface area (Å²) in [5, 5.41) is 0. The smallest absolute Gasteiger partial charge is 0.248 e. The minimum Gasteiger partial charge on any atom is -0.382 e. The van der Waals surface area contributed by atoms with Gasteiger partial charge in [-0.2, -0.15) is 0 Å². The zero-order chi connectivity index (χ0) is 15.8. The van der Waals surface area contributed by atoms with E-state index in [2.05, 4.69) is 31.2 Å². The molecule has 0 unspecified atom stereocenters. The van der Waals surface area contributed by atoms with Crippen molar-refractivity contribution in [1.29, 1.82) is 0 Å². The third-order valence-corrected chi connectivity index (χ3v) is 4.41. The lowest BCUT2D eigenvalue weighted by Crippen LogP contribution is -2.41. The van der Waals surface area contributed by atoms with Gasteiger partial charge in [0.25, 0.3) is 0 Å². The van der Waals surface area contributed by atoms with Gasteiger partial charge in [-0.25, -0.2) is 0 Å². The summed E-state index contributed by atoms with van der Waals surface area (Å²) < 4.78 is 10.3. The molecule has 1 aliphatic heterocycles. The summed E-state index contributed by atoms with van der Waals surface area (Å²) in [6, 6.07) is 10.8. The van der Waals surface area contributed by atoms with E-state index in [1.54, 1.807) is 7.11 Å². The number of carbonyl (C=O) groups is 1. The van der Waals surface area contributed by atoms with Crippen molar-refractivity contribution in [3.8, 4) is 0 Å². The van der Waals surface area contributed by atoms with Crippen LogP contribution in [0.1, 0.15) is 37.7 Å². The molecule has 122 valence electrons. The highest BCUT2D eigenvalue weighted by molar-refractivity contribution is 5.78. The average molecular weight is 305 g/mol. The molecule has 4 nitrogen and oxygen atoms in total. The van der Waals surface area contributed by atoms with Crippen molar-refractivity contribution in [2.45, 2.75) is 38.1 Å². The van der Waals surface area contributed by atoms with Gasteiger partial charge in [0.2, 0.25) is 5.91 Å². The van der Waals surface area contributed by atoms with Crippen molar-refractivity contribution in [2.24, 2.45) is 0 Å². The minimum absolute atomic E-state index is 0.105. The summed E-state index contributed by atoms with van der Waals surface area (Å²) in [4.78, 5) is 14.5. The first-order chi connectivity index (χ1) is 10.8. The van der Waals surface area contributed by atoms with Crippen LogP contribution in [0.25, 0.3) is 0 Å². The predicted octanol–water partition coefficient (Wildman–Crippen LogP) is 2.83. The lowest BCUT2D eigenvalue weighted by molar-refractivity contribution is -0.137. The first-order valence-corrected chi connectivity index (χ1v) is 8.19. The van der Waals surface area contributed by atoms with Gasteiger partial charge in [-0.1, -0.05) is 37.3 Å². The van der Waals surface area contributed by atoms with Gasteiger partial charge in [-0.15, -0.1) is 0 Å². The number of nitrogens with zero attached hydrogens (tertiary/aromatic N) is 1. The van der Waals surface area contributed by atoms with E-state index in [4.69, 9.17) is 9.47 Å². The second-order valence-corrected chi connectivity index (χ2v) is 5.77. The topological polar surface area (TPSA) is 38.8 Å². The van der Waals surface area contributed by atoms with Crippen LogP contribution in [-0.2, 0) is 14.3 Å². The Bertz CT molecular complexity index is 449. The van der Waals surface area contributed by atoms with E-state index in [0.29, 0.717) is 25.2 Å². The van der Waals surface area contributed by atoms with Crippen LogP contribution in [0, 0.1) is 0 Å². The maximum atomic E-state index is 12.4. The summed E-state index contributed by atoms with van der Waals surface area (Å²) in [6.07, 6.45) is 3.21. The van der Waals surface area contributed by atoms with Gasteiger partial charge < -0.3 is 14.4 Å². The minimum atomic E-state index is 0.105. The fourth-order valence-corrected chi connectivity index (χ4v) is 3.34. The van der Waals surface area contributed by atoms with Crippen molar-refractivity contribution in [3.05, 3.63) is 35.9 Å². The first kappa shape index (κ1) is 17.0. The predicted molar refractivity (Wildman–Crippen MR) is 86.9 cm³/mol. The molecule has 1 fully saturated rings. The van der Waals surface area contributed by atoms with Crippen molar-refractivity contribution in [3.63, 3.8) is 0 Å². The third kappa shape index (κ3) is 4.31. The molecule has 0 N–H and O–H groups in total. The molecule has 2 atom stereocenters. The van der Waals surface area contributed by atoms with E-state index in [0.717, 1.165) is 25.8 Å². The Balaban J connectivity index is 1.98. The van der Waals surface area contributed by atoms with Gasteiger partial charge in [0.1, 0.15) is 6.61 Å². The molecule has 0 saturated carbocycles. The molecule has 1 aromatic rings. The summed E-state index contributed by atoms with van der Waals surface area (Å²) in [5.41, 5.74) is 1.33. The van der Waals surface area contributed by atoms with Crippen LogP contribution in [0.4, 0.5) is 0 Å². The molecular formula is C18H27NO3.